The molecule has 5 nitrogen and oxygen atoms in total. The van der Waals surface area contributed by atoms with Gasteiger partial charge in [0.25, 0.3) is 0 Å². The molecule has 0 saturated carbocycles. The maximum absolute atomic E-state index is 10.2. The average molecular weight is 150 g/mol. The molecule has 0 spiro atoms. The summed E-state index contributed by atoms with van der Waals surface area (Å²) in [5.74, 6) is -3.82. The van der Waals surface area contributed by atoms with Crippen molar-refractivity contribution < 1.29 is 24.6 Å². The van der Waals surface area contributed by atoms with Gasteiger partial charge in [0.05, 0.1) is 6.42 Å². The second kappa shape index (κ2) is 3.60. The SMILES string of the molecule is O=C(O)[13CH2][13CH2][13C](=O)[13C](=O)O. The van der Waals surface area contributed by atoms with Crippen molar-refractivity contribution in [2.45, 2.75) is 12.8 Å². The van der Waals surface area contributed by atoms with E-state index in [0.717, 1.165) is 0 Å². The Hall–Kier alpha value is -1.39. The number of carbonyl (C=O) groups is 3. The van der Waals surface area contributed by atoms with Gasteiger partial charge in [-0.25, -0.2) is 4.79 Å². The molecule has 0 radical (unpaired) electrons. The molecule has 0 saturated heterocycles. The highest BCUT2D eigenvalue weighted by molar-refractivity contribution is 6.32. The molecule has 56 valence electrons. The molecule has 0 aliphatic rings. The largest absolute Gasteiger partial charge is 0.481 e. The number of hydrogen-bond donors (Lipinski definition) is 2. The van der Waals surface area contributed by atoms with Crippen LogP contribution in [0, 0.1) is 0 Å². The van der Waals surface area contributed by atoms with Gasteiger partial charge in [0, 0.05) is 6.42 Å². The van der Waals surface area contributed by atoms with E-state index in [9.17, 15) is 14.4 Å². The first-order valence-corrected chi connectivity index (χ1v) is 2.52. The Labute approximate surface area is 56.3 Å². The van der Waals surface area contributed by atoms with Crippen molar-refractivity contribution in [1.29, 1.82) is 0 Å². The van der Waals surface area contributed by atoms with Crippen molar-refractivity contribution in [3.8, 4) is 0 Å². The molecule has 5 heteroatoms. The zero-order chi connectivity index (χ0) is 8.15. The molecule has 0 atom stereocenters. The first kappa shape index (κ1) is 8.61. The number of hydrogen-bond acceptors (Lipinski definition) is 3. The molecule has 0 heterocycles. The Balaban J connectivity index is 3.60. The van der Waals surface area contributed by atoms with Gasteiger partial charge in [-0.05, 0) is 0 Å². The zero-order valence-corrected chi connectivity index (χ0v) is 5.03. The number of rotatable bonds is 4. The predicted octanol–water partition coefficient (Wildman–Crippen LogP) is -0.495. The van der Waals surface area contributed by atoms with E-state index in [-0.39, 0.29) is 0 Å². The molecule has 2 N–H and O–H groups in total. The van der Waals surface area contributed by atoms with E-state index in [2.05, 4.69) is 0 Å². The van der Waals surface area contributed by atoms with Gasteiger partial charge in [-0.1, -0.05) is 0 Å². The lowest BCUT2D eigenvalue weighted by molar-refractivity contribution is -0.149. The number of carbonyl (C=O) groups excluding carboxylic acids is 1. The molecule has 0 rings (SSSR count). The number of ketones is 1. The quantitative estimate of drug-likeness (QED) is 0.416. The van der Waals surface area contributed by atoms with Gasteiger partial charge >= 0.3 is 11.9 Å². The highest BCUT2D eigenvalue weighted by Gasteiger charge is 2.12. The second-order valence-corrected chi connectivity index (χ2v) is 1.62. The number of aliphatic carboxylic acids is 2. The molecule has 0 amide bonds. The normalized spacial score (nSPS) is 8.80. The summed E-state index contributed by atoms with van der Waals surface area (Å²) in [5, 5.41) is 16.0. The van der Waals surface area contributed by atoms with E-state index in [0.29, 0.717) is 0 Å². The molecule has 0 aliphatic heterocycles. The van der Waals surface area contributed by atoms with Crippen LogP contribution >= 0.6 is 0 Å². The number of carboxylic acid groups (broad SMARTS) is 2. The predicted molar refractivity (Wildman–Crippen MR) is 29.5 cm³/mol. The summed E-state index contributed by atoms with van der Waals surface area (Å²) in [6.45, 7) is 0. The third kappa shape index (κ3) is 3.59. The Morgan fingerprint density at radius 1 is 1.00 bits per heavy atom. The monoisotopic (exact) mass is 150 g/mol. The molecule has 0 aliphatic carbocycles. The summed E-state index contributed by atoms with van der Waals surface area (Å²) in [6.07, 6.45) is -0.865. The third-order valence-electron chi connectivity index (χ3n) is 0.804. The number of carboxylic acids is 2. The lowest BCUT2D eigenvalue weighted by atomic mass is 10.9. The van der Waals surface area contributed by atoms with Crippen molar-refractivity contribution >= 4 is 17.7 Å². The van der Waals surface area contributed by atoms with Crippen LogP contribution in [0.1, 0.15) is 12.8 Å². The van der Waals surface area contributed by atoms with Crippen LogP contribution in [0.2, 0.25) is 0 Å². The molecular weight excluding hydrogens is 144 g/mol. The van der Waals surface area contributed by atoms with Crippen LogP contribution in [-0.4, -0.2) is 27.9 Å². The minimum Gasteiger partial charge on any atom is -0.481 e. The summed E-state index contributed by atoms with van der Waals surface area (Å²) >= 11 is 0. The standard InChI is InChI=1S/C5H6O5/c6-3(5(9)10)1-2-4(7)8/h1-2H2,(H,7,8)(H,9,10)/i1+1,2+1,3+1,5+1. The van der Waals surface area contributed by atoms with E-state index in [1.54, 1.807) is 0 Å². The number of Topliss-reactive ketones (excluding diaryl/α,β-unsaturated/α-hetero) is 1. The van der Waals surface area contributed by atoms with E-state index >= 15 is 0 Å². The van der Waals surface area contributed by atoms with Crippen LogP contribution in [0.15, 0.2) is 0 Å². The molecule has 0 aromatic heterocycles. The minimum atomic E-state index is -1.58. The molecule has 0 aromatic rings. The van der Waals surface area contributed by atoms with E-state index in [1.165, 1.54) is 0 Å². The van der Waals surface area contributed by atoms with Crippen LogP contribution in [0.5, 0.6) is 0 Å². The first-order chi connectivity index (χ1) is 4.54. The summed E-state index contributed by atoms with van der Waals surface area (Å²) in [7, 11) is 0. The highest BCUT2D eigenvalue weighted by Crippen LogP contribution is 1.89. The van der Waals surface area contributed by atoms with E-state index in [4.69, 9.17) is 10.2 Å². The van der Waals surface area contributed by atoms with Crippen molar-refractivity contribution in [2.75, 3.05) is 0 Å². The molecule has 0 fully saturated rings. The summed E-state index contributed by atoms with van der Waals surface area (Å²) in [6, 6.07) is 0. The van der Waals surface area contributed by atoms with Gasteiger partial charge in [0.2, 0.25) is 5.78 Å². The smallest absolute Gasteiger partial charge is 0.372 e. The molecular formula is C5H6O5. The van der Waals surface area contributed by atoms with Crippen LogP contribution < -0.4 is 0 Å². The van der Waals surface area contributed by atoms with Crippen molar-refractivity contribution in [1.82, 2.24) is 0 Å². The van der Waals surface area contributed by atoms with Crippen LogP contribution in [-0.2, 0) is 14.4 Å². The van der Waals surface area contributed by atoms with Gasteiger partial charge in [-0.2, -0.15) is 0 Å². The fourth-order valence-corrected chi connectivity index (χ4v) is 0.327. The Morgan fingerprint density at radius 3 is 1.80 bits per heavy atom. The Kier molecular flexibility index (Phi) is 3.10. The topological polar surface area (TPSA) is 91.7 Å². The summed E-state index contributed by atoms with van der Waals surface area (Å²) < 4.78 is 0. The fraction of sp³-hybridized carbons (Fsp3) is 0.400. The second-order valence-electron chi connectivity index (χ2n) is 1.62. The van der Waals surface area contributed by atoms with Gasteiger partial charge in [0.15, 0.2) is 0 Å². The first-order valence-electron chi connectivity index (χ1n) is 2.52. The zero-order valence-electron chi connectivity index (χ0n) is 5.03. The summed E-state index contributed by atoms with van der Waals surface area (Å²) in [4.78, 5) is 29.7. The lowest BCUT2D eigenvalue weighted by Crippen LogP contribution is -2.13. The average Bonchev–Trinajstić information content (AvgIpc) is 1.82. The van der Waals surface area contributed by atoms with Crippen LogP contribution in [0.25, 0.3) is 0 Å². The molecule has 10 heavy (non-hydrogen) atoms. The van der Waals surface area contributed by atoms with Crippen molar-refractivity contribution in [3.63, 3.8) is 0 Å². The highest BCUT2D eigenvalue weighted by atomic mass is 16.5. The van der Waals surface area contributed by atoms with E-state index in [1.807, 2.05) is 0 Å². The molecule has 0 bridgehead atoms. The van der Waals surface area contributed by atoms with Gasteiger partial charge < -0.3 is 10.2 Å². The lowest BCUT2D eigenvalue weighted by Gasteiger charge is -1.88. The third-order valence-corrected chi connectivity index (χ3v) is 0.804. The van der Waals surface area contributed by atoms with Crippen LogP contribution in [0.3, 0.4) is 0 Å². The minimum absolute atomic E-state index is 0.425. The van der Waals surface area contributed by atoms with Crippen molar-refractivity contribution in [2.24, 2.45) is 0 Å². The molecule has 0 unspecified atom stereocenters. The Morgan fingerprint density at radius 2 is 1.50 bits per heavy atom. The van der Waals surface area contributed by atoms with Gasteiger partial charge in [0.1, 0.15) is 0 Å². The fourth-order valence-electron chi connectivity index (χ4n) is 0.327. The maximum atomic E-state index is 10.2. The van der Waals surface area contributed by atoms with Crippen molar-refractivity contribution in [3.05, 3.63) is 0 Å². The van der Waals surface area contributed by atoms with Crippen LogP contribution in [0.4, 0.5) is 0 Å². The Bertz CT molecular complexity index is 171. The van der Waals surface area contributed by atoms with Gasteiger partial charge in [-0.3, -0.25) is 9.59 Å². The molecule has 0 aromatic carbocycles. The maximum Gasteiger partial charge on any atom is 0.372 e. The van der Waals surface area contributed by atoms with E-state index < -0.39 is 30.6 Å². The van der Waals surface area contributed by atoms with Gasteiger partial charge in [-0.15, -0.1) is 0 Å². The summed E-state index contributed by atoms with van der Waals surface area (Å²) in [5.41, 5.74) is 0.